The molecular formula is C23H29ClN6O2. The lowest BCUT2D eigenvalue weighted by Crippen LogP contribution is -2.41. The Morgan fingerprint density at radius 1 is 1.22 bits per heavy atom. The Bertz CT molecular complexity index is 1080. The fourth-order valence-electron chi connectivity index (χ4n) is 4.08. The Balaban J connectivity index is 1.50. The van der Waals surface area contributed by atoms with Crippen LogP contribution in [0.5, 0.6) is 0 Å². The molecule has 1 aliphatic rings. The number of nitrogens with one attached hydrogen (secondary N) is 2. The monoisotopic (exact) mass is 456 g/mol. The van der Waals surface area contributed by atoms with Gasteiger partial charge in [0.1, 0.15) is 5.60 Å². The molecule has 1 fully saturated rings. The molecule has 8 nitrogen and oxygen atoms in total. The fraction of sp³-hybridized carbons (Fsp3) is 0.478. The largest absolute Gasteiger partial charge is 0.444 e. The quantitative estimate of drug-likeness (QED) is 0.518. The topological polar surface area (TPSA) is 94.0 Å². The Hall–Kier alpha value is -2.87. The van der Waals surface area contributed by atoms with Crippen molar-refractivity contribution in [1.29, 1.82) is 0 Å². The van der Waals surface area contributed by atoms with Crippen molar-refractivity contribution in [2.45, 2.75) is 70.7 Å². The number of ether oxygens (including phenoxy) is 1. The lowest BCUT2D eigenvalue weighted by Gasteiger charge is -2.31. The molecule has 4 rings (SSSR count). The van der Waals surface area contributed by atoms with Gasteiger partial charge in [-0.3, -0.25) is 0 Å². The Kier molecular flexibility index (Phi) is 6.50. The maximum absolute atomic E-state index is 12.2. The number of hydrogen-bond acceptors (Lipinski definition) is 6. The predicted molar refractivity (Wildman–Crippen MR) is 125 cm³/mol. The molecule has 1 aromatic carbocycles. The molecule has 2 heterocycles. The molecule has 2 atom stereocenters. The smallest absolute Gasteiger partial charge is 0.407 e. The molecule has 9 heteroatoms. The molecule has 0 saturated heterocycles. The van der Waals surface area contributed by atoms with E-state index >= 15 is 0 Å². The van der Waals surface area contributed by atoms with Crippen LogP contribution in [0, 0.1) is 0 Å². The molecule has 0 spiro atoms. The Labute approximate surface area is 192 Å². The first kappa shape index (κ1) is 22.3. The van der Waals surface area contributed by atoms with E-state index < -0.39 is 5.60 Å². The van der Waals surface area contributed by atoms with Gasteiger partial charge in [0.2, 0.25) is 5.28 Å². The number of halogens is 1. The number of hydrogen-bond donors (Lipinski definition) is 2. The van der Waals surface area contributed by atoms with E-state index in [1.807, 2.05) is 51.1 Å². The molecule has 2 aromatic heterocycles. The van der Waals surface area contributed by atoms with E-state index in [9.17, 15) is 4.79 Å². The first-order valence-corrected chi connectivity index (χ1v) is 11.3. The number of rotatable bonds is 5. The third-order valence-corrected chi connectivity index (χ3v) is 5.63. The summed E-state index contributed by atoms with van der Waals surface area (Å²) in [6.07, 6.45) is 5.08. The second-order valence-corrected chi connectivity index (χ2v) is 9.51. The lowest BCUT2D eigenvalue weighted by atomic mass is 9.91. The van der Waals surface area contributed by atoms with Crippen LogP contribution in [0.15, 0.2) is 36.7 Å². The Morgan fingerprint density at radius 3 is 2.75 bits per heavy atom. The van der Waals surface area contributed by atoms with Crippen molar-refractivity contribution in [3.8, 4) is 0 Å². The van der Waals surface area contributed by atoms with Crippen LogP contribution in [0.3, 0.4) is 0 Å². The highest BCUT2D eigenvalue weighted by molar-refractivity contribution is 6.28. The van der Waals surface area contributed by atoms with E-state index in [1.54, 1.807) is 6.33 Å². The zero-order valence-electron chi connectivity index (χ0n) is 18.6. The number of nitrogens with zero attached hydrogens (tertiary/aromatic N) is 4. The summed E-state index contributed by atoms with van der Waals surface area (Å²) in [5.41, 5.74) is 2.00. The van der Waals surface area contributed by atoms with Crippen molar-refractivity contribution in [3.05, 3.63) is 47.5 Å². The minimum absolute atomic E-state index is 0.0361. The lowest BCUT2D eigenvalue weighted by molar-refractivity contribution is 0.0486. The van der Waals surface area contributed by atoms with Crippen LogP contribution in [0.25, 0.3) is 11.2 Å². The molecule has 170 valence electrons. The number of carbonyl (C=O) groups is 1. The van der Waals surface area contributed by atoms with Crippen LogP contribution in [-0.4, -0.2) is 37.3 Å². The minimum Gasteiger partial charge on any atom is -0.444 e. The standard InChI is InChI=1S/C23H29ClN6O2/c1-23(2,3)32-22(31)27-16-10-7-11-17(12-16)30-14-26-18-19(28-21(24)29-20(18)30)25-13-15-8-5-4-6-9-15/h4-6,8-9,14,16-17H,7,10-13H2,1-3H3,(H,27,31)(H,25,28,29). The number of anilines is 1. The van der Waals surface area contributed by atoms with E-state index in [0.717, 1.165) is 31.2 Å². The van der Waals surface area contributed by atoms with Crippen molar-refractivity contribution in [3.63, 3.8) is 0 Å². The maximum Gasteiger partial charge on any atom is 0.407 e. The van der Waals surface area contributed by atoms with Gasteiger partial charge in [-0.05, 0) is 63.6 Å². The molecule has 1 aliphatic carbocycles. The average molecular weight is 457 g/mol. The summed E-state index contributed by atoms with van der Waals surface area (Å²) in [5, 5.41) is 6.52. The number of imidazole rings is 1. The zero-order chi connectivity index (χ0) is 22.7. The van der Waals surface area contributed by atoms with Crippen LogP contribution in [0.1, 0.15) is 58.1 Å². The second-order valence-electron chi connectivity index (χ2n) is 9.17. The number of carbonyl (C=O) groups excluding carboxylic acids is 1. The van der Waals surface area contributed by atoms with Gasteiger partial charge in [-0.1, -0.05) is 30.3 Å². The molecule has 1 saturated carbocycles. The van der Waals surface area contributed by atoms with Gasteiger partial charge < -0.3 is 19.9 Å². The highest BCUT2D eigenvalue weighted by Gasteiger charge is 2.28. The van der Waals surface area contributed by atoms with Crippen LogP contribution in [0.2, 0.25) is 5.28 Å². The molecule has 0 bridgehead atoms. The Morgan fingerprint density at radius 2 is 2.00 bits per heavy atom. The van der Waals surface area contributed by atoms with E-state index in [-0.39, 0.29) is 23.5 Å². The summed E-state index contributed by atoms with van der Waals surface area (Å²) >= 11 is 6.26. The summed E-state index contributed by atoms with van der Waals surface area (Å²) in [6, 6.07) is 10.3. The predicted octanol–water partition coefficient (Wildman–Crippen LogP) is 5.10. The molecule has 32 heavy (non-hydrogen) atoms. The number of alkyl carbamates (subject to hydrolysis) is 1. The number of aromatic nitrogens is 4. The third-order valence-electron chi connectivity index (χ3n) is 5.46. The number of benzene rings is 1. The van der Waals surface area contributed by atoms with E-state index in [1.165, 1.54) is 0 Å². The molecule has 2 N–H and O–H groups in total. The average Bonchev–Trinajstić information content (AvgIpc) is 3.15. The molecular weight excluding hydrogens is 428 g/mol. The molecule has 0 aliphatic heterocycles. The van der Waals surface area contributed by atoms with Crippen molar-refractivity contribution in [2.75, 3.05) is 5.32 Å². The zero-order valence-corrected chi connectivity index (χ0v) is 19.4. The number of fused-ring (bicyclic) bond motifs is 1. The van der Waals surface area contributed by atoms with Gasteiger partial charge in [0, 0.05) is 18.6 Å². The summed E-state index contributed by atoms with van der Waals surface area (Å²) in [6.45, 7) is 6.20. The van der Waals surface area contributed by atoms with Crippen LogP contribution >= 0.6 is 11.6 Å². The SMILES string of the molecule is CC(C)(C)OC(=O)NC1CCCC(n2cnc3c(NCc4ccccc4)nc(Cl)nc32)C1. The molecule has 3 aromatic rings. The minimum atomic E-state index is -0.518. The van der Waals surface area contributed by atoms with E-state index in [0.29, 0.717) is 23.5 Å². The maximum atomic E-state index is 12.2. The van der Waals surface area contributed by atoms with E-state index in [4.69, 9.17) is 16.3 Å². The first-order chi connectivity index (χ1) is 15.3. The second kappa shape index (κ2) is 9.32. The highest BCUT2D eigenvalue weighted by Crippen LogP contribution is 2.32. The van der Waals surface area contributed by atoms with Gasteiger partial charge in [-0.15, -0.1) is 0 Å². The van der Waals surface area contributed by atoms with E-state index in [2.05, 4.69) is 30.2 Å². The summed E-state index contributed by atoms with van der Waals surface area (Å²) in [5.74, 6) is 0.613. The van der Waals surface area contributed by atoms with Gasteiger partial charge in [0.05, 0.1) is 6.33 Å². The van der Waals surface area contributed by atoms with Crippen molar-refractivity contribution in [1.82, 2.24) is 24.8 Å². The summed E-state index contributed by atoms with van der Waals surface area (Å²) < 4.78 is 7.47. The molecule has 0 radical (unpaired) electrons. The third kappa shape index (κ3) is 5.48. The molecule has 2 unspecified atom stereocenters. The fourth-order valence-corrected chi connectivity index (χ4v) is 4.25. The molecule has 1 amide bonds. The first-order valence-electron chi connectivity index (χ1n) is 11.0. The van der Waals surface area contributed by atoms with Crippen molar-refractivity contribution < 1.29 is 9.53 Å². The van der Waals surface area contributed by atoms with Gasteiger partial charge in [0.25, 0.3) is 0 Å². The van der Waals surface area contributed by atoms with Crippen LogP contribution < -0.4 is 10.6 Å². The highest BCUT2D eigenvalue weighted by atomic mass is 35.5. The van der Waals surface area contributed by atoms with Gasteiger partial charge in [-0.2, -0.15) is 9.97 Å². The van der Waals surface area contributed by atoms with Crippen molar-refractivity contribution >= 4 is 34.7 Å². The summed E-state index contributed by atoms with van der Waals surface area (Å²) in [7, 11) is 0. The van der Waals surface area contributed by atoms with Crippen LogP contribution in [-0.2, 0) is 11.3 Å². The van der Waals surface area contributed by atoms with Gasteiger partial charge in [0.15, 0.2) is 17.0 Å². The number of amides is 1. The normalized spacial score (nSPS) is 19.0. The van der Waals surface area contributed by atoms with Crippen LogP contribution in [0.4, 0.5) is 10.6 Å². The van der Waals surface area contributed by atoms with Gasteiger partial charge >= 0.3 is 6.09 Å². The van der Waals surface area contributed by atoms with Crippen molar-refractivity contribution in [2.24, 2.45) is 0 Å². The van der Waals surface area contributed by atoms with Gasteiger partial charge in [-0.25, -0.2) is 9.78 Å². The summed E-state index contributed by atoms with van der Waals surface area (Å²) in [4.78, 5) is 25.6.